The summed E-state index contributed by atoms with van der Waals surface area (Å²) in [7, 11) is 1.99. The van der Waals surface area contributed by atoms with Crippen molar-refractivity contribution in [1.29, 1.82) is 0 Å². The Bertz CT molecular complexity index is 454. The van der Waals surface area contributed by atoms with Gasteiger partial charge in [-0.2, -0.15) is 0 Å². The Morgan fingerprint density at radius 1 is 1.44 bits per heavy atom. The fraction of sp³-hybridized carbons (Fsp3) is 0.500. The molecule has 0 bridgehead atoms. The fourth-order valence-corrected chi connectivity index (χ4v) is 2.39. The number of fused-ring (bicyclic) bond motifs is 1. The molecule has 4 heteroatoms. The molecule has 0 aliphatic carbocycles. The number of benzene rings is 1. The van der Waals surface area contributed by atoms with E-state index < -0.39 is 0 Å². The SMILES string of the molecule is CC1N(C)c2cc([N+](=O)[O-])ccc2C1(C)C. The Balaban J connectivity index is 2.59. The molecule has 0 N–H and O–H groups in total. The summed E-state index contributed by atoms with van der Waals surface area (Å²) >= 11 is 0. The lowest BCUT2D eigenvalue weighted by Crippen LogP contribution is -2.36. The van der Waals surface area contributed by atoms with Crippen molar-refractivity contribution < 1.29 is 4.92 Å². The highest BCUT2D eigenvalue weighted by atomic mass is 16.6. The van der Waals surface area contributed by atoms with E-state index in [4.69, 9.17) is 0 Å². The molecule has 16 heavy (non-hydrogen) atoms. The molecule has 0 amide bonds. The van der Waals surface area contributed by atoms with Crippen LogP contribution in [0.2, 0.25) is 0 Å². The van der Waals surface area contributed by atoms with Crippen LogP contribution in [0.15, 0.2) is 18.2 Å². The molecule has 1 unspecified atom stereocenters. The maximum absolute atomic E-state index is 10.7. The lowest BCUT2D eigenvalue weighted by Gasteiger charge is -2.28. The van der Waals surface area contributed by atoms with Crippen LogP contribution in [0.5, 0.6) is 0 Å². The standard InChI is InChI=1S/C12H16N2O2/c1-8-12(2,3)10-6-5-9(14(15)16)7-11(10)13(8)4/h5-8H,1-4H3. The molecule has 86 valence electrons. The van der Waals surface area contributed by atoms with Crippen molar-refractivity contribution in [2.45, 2.75) is 32.2 Å². The minimum Gasteiger partial charge on any atom is -0.371 e. The van der Waals surface area contributed by atoms with Crippen LogP contribution in [-0.2, 0) is 5.41 Å². The number of nitro groups is 1. The maximum Gasteiger partial charge on any atom is 0.271 e. The van der Waals surface area contributed by atoms with Gasteiger partial charge in [0.1, 0.15) is 0 Å². The summed E-state index contributed by atoms with van der Waals surface area (Å²) in [6.07, 6.45) is 0. The van der Waals surface area contributed by atoms with Crippen molar-refractivity contribution in [2.24, 2.45) is 0 Å². The van der Waals surface area contributed by atoms with E-state index in [2.05, 4.69) is 25.7 Å². The zero-order valence-corrected chi connectivity index (χ0v) is 10.0. The van der Waals surface area contributed by atoms with E-state index in [0.29, 0.717) is 6.04 Å². The Morgan fingerprint density at radius 3 is 2.62 bits per heavy atom. The van der Waals surface area contributed by atoms with Crippen LogP contribution in [0, 0.1) is 10.1 Å². The molecule has 1 atom stereocenters. The summed E-state index contributed by atoms with van der Waals surface area (Å²) in [5.41, 5.74) is 2.37. The Morgan fingerprint density at radius 2 is 2.06 bits per heavy atom. The number of likely N-dealkylation sites (N-methyl/N-ethyl adjacent to an activating group) is 1. The molecule has 0 spiro atoms. The molecule has 0 aromatic heterocycles. The predicted octanol–water partition coefficient (Wildman–Crippen LogP) is 2.71. The fourth-order valence-electron chi connectivity index (χ4n) is 2.39. The van der Waals surface area contributed by atoms with E-state index in [1.165, 1.54) is 5.56 Å². The van der Waals surface area contributed by atoms with Crippen LogP contribution >= 0.6 is 0 Å². The van der Waals surface area contributed by atoms with E-state index >= 15 is 0 Å². The normalized spacial score (nSPS) is 22.0. The molecule has 0 saturated carbocycles. The van der Waals surface area contributed by atoms with Gasteiger partial charge < -0.3 is 4.90 Å². The highest BCUT2D eigenvalue weighted by Gasteiger charge is 2.40. The summed E-state index contributed by atoms with van der Waals surface area (Å²) < 4.78 is 0. The van der Waals surface area contributed by atoms with Gasteiger partial charge in [0.15, 0.2) is 0 Å². The summed E-state index contributed by atoms with van der Waals surface area (Å²) in [5.74, 6) is 0. The van der Waals surface area contributed by atoms with E-state index in [1.54, 1.807) is 12.1 Å². The average molecular weight is 220 g/mol. The Labute approximate surface area is 95.0 Å². The summed E-state index contributed by atoms with van der Waals surface area (Å²) in [4.78, 5) is 12.5. The molecule has 0 radical (unpaired) electrons. The molecule has 4 nitrogen and oxygen atoms in total. The van der Waals surface area contributed by atoms with Crippen molar-refractivity contribution in [2.75, 3.05) is 11.9 Å². The van der Waals surface area contributed by atoms with Gasteiger partial charge in [-0.15, -0.1) is 0 Å². The molecule has 1 heterocycles. The van der Waals surface area contributed by atoms with Gasteiger partial charge in [0.05, 0.1) is 4.92 Å². The van der Waals surface area contributed by atoms with Crippen LogP contribution in [0.4, 0.5) is 11.4 Å². The number of hydrogen-bond acceptors (Lipinski definition) is 3. The van der Waals surface area contributed by atoms with Gasteiger partial charge >= 0.3 is 0 Å². The van der Waals surface area contributed by atoms with Gasteiger partial charge in [-0.1, -0.05) is 13.8 Å². The predicted molar refractivity (Wildman–Crippen MR) is 64.0 cm³/mol. The molecular weight excluding hydrogens is 204 g/mol. The first-order valence-corrected chi connectivity index (χ1v) is 5.37. The van der Waals surface area contributed by atoms with Gasteiger partial charge in [-0.05, 0) is 18.6 Å². The minimum atomic E-state index is -0.343. The largest absolute Gasteiger partial charge is 0.371 e. The van der Waals surface area contributed by atoms with E-state index in [9.17, 15) is 10.1 Å². The van der Waals surface area contributed by atoms with E-state index in [-0.39, 0.29) is 16.0 Å². The first kappa shape index (κ1) is 10.9. The zero-order chi connectivity index (χ0) is 12.1. The second kappa shape index (κ2) is 3.20. The van der Waals surface area contributed by atoms with E-state index in [0.717, 1.165) is 5.69 Å². The second-order valence-corrected chi connectivity index (χ2v) is 4.97. The van der Waals surface area contributed by atoms with Crippen LogP contribution in [0.1, 0.15) is 26.3 Å². The van der Waals surface area contributed by atoms with Crippen molar-refractivity contribution in [3.63, 3.8) is 0 Å². The van der Waals surface area contributed by atoms with Crippen LogP contribution in [0.25, 0.3) is 0 Å². The molecule has 0 saturated heterocycles. The first-order chi connectivity index (χ1) is 7.35. The highest BCUT2D eigenvalue weighted by molar-refractivity contribution is 5.66. The average Bonchev–Trinajstić information content (AvgIpc) is 2.40. The number of rotatable bonds is 1. The third-order valence-electron chi connectivity index (χ3n) is 3.89. The van der Waals surface area contributed by atoms with Gasteiger partial charge in [-0.25, -0.2) is 0 Å². The second-order valence-electron chi connectivity index (χ2n) is 4.97. The van der Waals surface area contributed by atoms with Crippen LogP contribution < -0.4 is 4.90 Å². The third-order valence-corrected chi connectivity index (χ3v) is 3.89. The smallest absolute Gasteiger partial charge is 0.271 e. The van der Waals surface area contributed by atoms with Gasteiger partial charge in [0.25, 0.3) is 5.69 Å². The molecule has 1 aliphatic rings. The van der Waals surface area contributed by atoms with Crippen molar-refractivity contribution in [3.8, 4) is 0 Å². The van der Waals surface area contributed by atoms with Gasteiger partial charge in [0, 0.05) is 36.3 Å². The molecule has 1 aliphatic heterocycles. The number of nitro benzene ring substituents is 1. The molecule has 0 fully saturated rings. The highest BCUT2D eigenvalue weighted by Crippen LogP contribution is 2.45. The summed E-state index contributed by atoms with van der Waals surface area (Å²) in [6.45, 7) is 6.49. The number of hydrogen-bond donors (Lipinski definition) is 0. The van der Waals surface area contributed by atoms with Gasteiger partial charge in [0.2, 0.25) is 0 Å². The van der Waals surface area contributed by atoms with Crippen molar-refractivity contribution in [1.82, 2.24) is 0 Å². The molecular formula is C12H16N2O2. The van der Waals surface area contributed by atoms with Crippen molar-refractivity contribution >= 4 is 11.4 Å². The quantitative estimate of drug-likeness (QED) is 0.540. The van der Waals surface area contributed by atoms with Gasteiger partial charge in [-0.3, -0.25) is 10.1 Å². The molecule has 1 aromatic carbocycles. The molecule has 1 aromatic rings. The maximum atomic E-state index is 10.7. The Hall–Kier alpha value is -1.58. The first-order valence-electron chi connectivity index (χ1n) is 5.37. The Kier molecular flexibility index (Phi) is 2.19. The lowest BCUT2D eigenvalue weighted by molar-refractivity contribution is -0.384. The summed E-state index contributed by atoms with van der Waals surface area (Å²) in [5, 5.41) is 10.7. The van der Waals surface area contributed by atoms with E-state index in [1.807, 2.05) is 13.1 Å². The molecule has 2 rings (SSSR count). The zero-order valence-electron chi connectivity index (χ0n) is 10.0. The topological polar surface area (TPSA) is 46.4 Å². The van der Waals surface area contributed by atoms with Crippen LogP contribution in [-0.4, -0.2) is 18.0 Å². The minimum absolute atomic E-state index is 0.0409. The summed E-state index contributed by atoms with van der Waals surface area (Å²) in [6, 6.07) is 5.49. The lowest BCUT2D eigenvalue weighted by atomic mass is 9.81. The monoisotopic (exact) mass is 220 g/mol. The van der Waals surface area contributed by atoms with Crippen molar-refractivity contribution in [3.05, 3.63) is 33.9 Å². The number of non-ortho nitro benzene ring substituents is 1. The van der Waals surface area contributed by atoms with Crippen LogP contribution in [0.3, 0.4) is 0 Å². The third kappa shape index (κ3) is 1.29. The number of nitrogens with zero attached hydrogens (tertiary/aromatic N) is 2. The number of anilines is 1.